The first-order valence-corrected chi connectivity index (χ1v) is 32.9. The maximum absolute atomic E-state index is 14.4. The number of esters is 1. The lowest BCUT2D eigenvalue weighted by Crippen LogP contribution is -2.59. The van der Waals surface area contributed by atoms with E-state index in [0.29, 0.717) is 28.2 Å². The molecule has 5 aromatic rings. The van der Waals surface area contributed by atoms with Crippen molar-refractivity contribution in [3.63, 3.8) is 0 Å². The fourth-order valence-electron chi connectivity index (χ4n) is 11.3. The first-order valence-electron chi connectivity index (χ1n) is 32.9. The number of halogens is 4. The number of nitrogens with one attached hydrogen (secondary N) is 10. The summed E-state index contributed by atoms with van der Waals surface area (Å²) in [5, 5.41) is 52.1. The number of amides is 9. The van der Waals surface area contributed by atoms with Gasteiger partial charge in [-0.2, -0.15) is 0 Å². The van der Waals surface area contributed by atoms with E-state index in [1.54, 1.807) is 12.1 Å². The Labute approximate surface area is 600 Å². The summed E-state index contributed by atoms with van der Waals surface area (Å²) in [5.41, 5.74) is 13.3. The van der Waals surface area contributed by atoms with Crippen LogP contribution in [0.5, 0.6) is 11.5 Å². The summed E-state index contributed by atoms with van der Waals surface area (Å²) in [6.07, 6.45) is -0.753. The normalized spacial score (nSPS) is 13.8. The van der Waals surface area contributed by atoms with Crippen LogP contribution in [0.1, 0.15) is 125 Å². The SMILES string of the molecule is C[C@@H](NC(=O)CNC(=O)[C@@H](N)CCCCNC(=O)c1c(F)c(F)c(N=[N+]=[N-])c(F)c1F)C(=O)N[C@H](CCC(=O)O)C(=O)N[C@H](CCC(=O)O)C(=O)N[C@H](Cc1cnc[nH]1)C(=O)N[C@@H](CCCCNC(=O)c1ccc2c(c1)C(=O)OC21c2ccc(N(C)C)cc2Oc2cc(N(C)C)ccc21)C(=O)NCC(=O)O. The fraction of sp³-hybridized carbons (Fsp3) is 0.403. The Morgan fingerprint density at radius 3 is 1.64 bits per heavy atom. The molecule has 7 rings (SSSR count). The average molecular weight is 1480 g/mol. The molecule has 0 bridgehead atoms. The van der Waals surface area contributed by atoms with Crippen molar-refractivity contribution in [2.75, 3.05) is 64.2 Å². The summed E-state index contributed by atoms with van der Waals surface area (Å²) >= 11 is 0. The molecule has 4 aromatic carbocycles. The fourth-order valence-corrected chi connectivity index (χ4v) is 11.3. The lowest BCUT2D eigenvalue weighted by atomic mass is 9.77. The second kappa shape index (κ2) is 36.6. The van der Waals surface area contributed by atoms with E-state index in [0.717, 1.165) is 18.3 Å². The number of carboxylic acid groups (broad SMARTS) is 3. The number of hydrogen-bond acceptors (Lipinski definition) is 20. The average Bonchev–Trinajstić information content (AvgIpc) is 1.48. The Morgan fingerprint density at radius 2 is 1.11 bits per heavy atom. The van der Waals surface area contributed by atoms with Gasteiger partial charge in [0.15, 0.2) is 28.9 Å². The van der Waals surface area contributed by atoms with Crippen LogP contribution in [-0.2, 0) is 64.7 Å². The summed E-state index contributed by atoms with van der Waals surface area (Å²) < 4.78 is 69.9. The molecule has 106 heavy (non-hydrogen) atoms. The number of rotatable bonds is 38. The molecule has 35 nitrogen and oxygen atoms in total. The number of aromatic nitrogens is 2. The van der Waals surface area contributed by atoms with Crippen LogP contribution >= 0.6 is 0 Å². The van der Waals surface area contributed by atoms with Gasteiger partial charge in [-0.1, -0.05) is 11.2 Å². The Balaban J connectivity index is 0.945. The van der Waals surface area contributed by atoms with Crippen molar-refractivity contribution in [3.8, 4) is 11.5 Å². The quantitative estimate of drug-likeness (QED) is 0.00512. The van der Waals surface area contributed by atoms with E-state index >= 15 is 0 Å². The number of azide groups is 1. The lowest BCUT2D eigenvalue weighted by Gasteiger charge is -2.37. The number of hydrogen-bond donors (Lipinski definition) is 14. The number of unbranched alkanes of at least 4 members (excludes halogenated alkanes) is 2. The van der Waals surface area contributed by atoms with E-state index in [2.05, 4.69) is 62.5 Å². The Bertz CT molecular complexity index is 4180. The van der Waals surface area contributed by atoms with Crippen LogP contribution in [0.15, 0.2) is 72.2 Å². The van der Waals surface area contributed by atoms with Crippen LogP contribution in [0.4, 0.5) is 34.6 Å². The van der Waals surface area contributed by atoms with Crippen LogP contribution in [0.3, 0.4) is 0 Å². The monoisotopic (exact) mass is 1480 g/mol. The van der Waals surface area contributed by atoms with Gasteiger partial charge in [0.1, 0.15) is 59.5 Å². The van der Waals surface area contributed by atoms with Gasteiger partial charge in [0.05, 0.1) is 24.5 Å². The highest BCUT2D eigenvalue weighted by Gasteiger charge is 2.54. The van der Waals surface area contributed by atoms with Gasteiger partial charge in [-0.3, -0.25) is 57.5 Å². The Hall–Kier alpha value is -12.4. The predicted molar refractivity (Wildman–Crippen MR) is 364 cm³/mol. The van der Waals surface area contributed by atoms with Gasteiger partial charge in [-0.25, -0.2) is 27.3 Å². The Morgan fingerprint density at radius 1 is 0.604 bits per heavy atom. The molecule has 3 heterocycles. The minimum absolute atomic E-state index is 0.00491. The number of benzene rings is 4. The predicted octanol–water partition coefficient (Wildman–Crippen LogP) is 2.17. The third-order valence-corrected chi connectivity index (χ3v) is 16.9. The van der Waals surface area contributed by atoms with Crippen molar-refractivity contribution in [2.45, 2.75) is 119 Å². The molecule has 39 heteroatoms. The molecule has 2 aliphatic heterocycles. The number of anilines is 2. The van der Waals surface area contributed by atoms with Crippen LogP contribution in [0.25, 0.3) is 10.4 Å². The summed E-state index contributed by atoms with van der Waals surface area (Å²) in [5.74, 6) is -22.2. The van der Waals surface area contributed by atoms with Crippen molar-refractivity contribution in [3.05, 3.63) is 140 Å². The molecular formula is C67H77F4N17O18. The molecule has 0 saturated carbocycles. The molecule has 0 fully saturated rings. The third-order valence-electron chi connectivity index (χ3n) is 16.9. The molecule has 0 saturated heterocycles. The smallest absolute Gasteiger partial charge is 0.340 e. The van der Waals surface area contributed by atoms with Crippen molar-refractivity contribution in [1.29, 1.82) is 0 Å². The zero-order valence-corrected chi connectivity index (χ0v) is 57.7. The minimum atomic E-state index is -2.12. The van der Waals surface area contributed by atoms with E-state index in [9.17, 15) is 95.2 Å². The van der Waals surface area contributed by atoms with Gasteiger partial charge in [-0.05, 0) is 100 Å². The number of nitrogens with two attached hydrogens (primary N) is 1. The number of ether oxygens (including phenoxy) is 2. The van der Waals surface area contributed by atoms with Crippen LogP contribution in [0, 0.1) is 23.3 Å². The topological polar surface area (TPSA) is 519 Å². The highest BCUT2D eigenvalue weighted by molar-refractivity contribution is 6.02. The summed E-state index contributed by atoms with van der Waals surface area (Å²) in [7, 11) is 7.49. The second-order valence-corrected chi connectivity index (χ2v) is 24.9. The van der Waals surface area contributed by atoms with Crippen LogP contribution < -0.4 is 68.1 Å². The van der Waals surface area contributed by atoms with Gasteiger partial charge in [-0.15, -0.1) is 0 Å². The molecule has 9 amide bonds. The van der Waals surface area contributed by atoms with E-state index in [-0.39, 0.29) is 68.4 Å². The van der Waals surface area contributed by atoms with Gasteiger partial charge in [0.25, 0.3) is 11.8 Å². The maximum Gasteiger partial charge on any atom is 0.340 e. The molecule has 2 aliphatic rings. The molecule has 0 radical (unpaired) electrons. The number of imidazole rings is 1. The molecular weight excluding hydrogens is 1410 g/mol. The minimum Gasteiger partial charge on any atom is -0.481 e. The van der Waals surface area contributed by atoms with Gasteiger partial charge in [0, 0.05) is 123 Å². The number of H-pyrrole nitrogens is 1. The number of carboxylic acids is 3. The number of aliphatic carboxylic acids is 3. The van der Waals surface area contributed by atoms with E-state index < -0.39 is 199 Å². The number of fused-ring (bicyclic) bond motifs is 6. The summed E-state index contributed by atoms with van der Waals surface area (Å²) in [6, 6.07) is 6.04. The molecule has 15 N–H and O–H groups in total. The molecule has 1 aromatic heterocycles. The number of nitrogens with zero attached hydrogens (tertiary/aromatic N) is 6. The first-order chi connectivity index (χ1) is 50.3. The molecule has 0 aliphatic carbocycles. The molecule has 0 unspecified atom stereocenters. The number of carbonyl (C=O) groups excluding carboxylic acids is 10. The summed E-state index contributed by atoms with van der Waals surface area (Å²) in [4.78, 5) is 183. The third kappa shape index (κ3) is 20.5. The lowest BCUT2D eigenvalue weighted by molar-refractivity contribution is -0.140. The molecule has 1 spiro atoms. The first kappa shape index (κ1) is 80.9. The highest BCUT2D eigenvalue weighted by Crippen LogP contribution is 2.57. The van der Waals surface area contributed by atoms with Crippen LogP contribution in [-0.4, -0.2) is 193 Å². The van der Waals surface area contributed by atoms with Gasteiger partial charge in [0.2, 0.25) is 41.4 Å². The number of carbonyl (C=O) groups is 13. The van der Waals surface area contributed by atoms with Gasteiger partial charge >= 0.3 is 23.9 Å². The van der Waals surface area contributed by atoms with E-state index in [1.165, 1.54) is 18.6 Å². The number of aromatic amines is 1. The maximum atomic E-state index is 14.4. The highest BCUT2D eigenvalue weighted by atomic mass is 19.2. The zero-order valence-electron chi connectivity index (χ0n) is 57.7. The summed E-state index contributed by atoms with van der Waals surface area (Å²) in [6.45, 7) is -0.878. The second-order valence-electron chi connectivity index (χ2n) is 24.9. The molecule has 566 valence electrons. The Kier molecular flexibility index (Phi) is 28.0. The zero-order chi connectivity index (χ0) is 77.9. The van der Waals surface area contributed by atoms with Crippen LogP contribution in [0.2, 0.25) is 0 Å². The van der Waals surface area contributed by atoms with E-state index in [1.807, 2.05) is 79.7 Å². The standard InChI is InChI=1S/C67H77F4N17O18/c1-32(80-48(89)29-77-60(98)41(72)10-6-8-23-76-65(103)52-53(68)55(70)57(85-86-73)56(71)54(52)69)58(96)81-43(18-20-49(90)91)62(100)83-44(19-21-50(92)93)63(101)84-45(25-34-28-74-31-79-34)64(102)82-42(61(99)78-30-51(94)95)11-7-9-22-75-59(97)33-12-15-38-37(24-33)66(104)106-67(38)39-16-13-35(87(2)3)26-46(39)105-47-27-36(88(4)5)14-17-40(47)67/h12-17,24,26-28,31-32,41-45H,6-11,18-23,25,29-30,72H2,1-5H3,(H,74,79)(H,75,97)(H,76,103)(H,77,98)(H,78,99)(H,80,89)(H,81,96)(H,82,102)(H,83,100)(H,84,101)(H,90,91)(H,92,93)(H,94,95)/t32-,41+,42+,43-,44-,45-/m1/s1. The van der Waals surface area contributed by atoms with E-state index in [4.69, 9.17) is 20.7 Å². The van der Waals surface area contributed by atoms with Crippen molar-refractivity contribution >= 4 is 94.1 Å². The van der Waals surface area contributed by atoms with Crippen molar-refractivity contribution in [1.82, 2.24) is 57.8 Å². The van der Waals surface area contributed by atoms with Gasteiger partial charge < -0.3 is 93.2 Å². The largest absolute Gasteiger partial charge is 0.481 e. The van der Waals surface area contributed by atoms with Crippen molar-refractivity contribution in [2.24, 2.45) is 10.8 Å². The van der Waals surface area contributed by atoms with Crippen molar-refractivity contribution < 1.29 is 105 Å². The molecule has 6 atom stereocenters.